The van der Waals surface area contributed by atoms with Crippen LogP contribution in [0.15, 0.2) is 6.20 Å². The molecule has 1 fully saturated rings. The lowest BCUT2D eigenvalue weighted by Gasteiger charge is -2.12. The zero-order chi connectivity index (χ0) is 20.4. The Balaban J connectivity index is 1.47. The van der Waals surface area contributed by atoms with Crippen LogP contribution in [0.4, 0.5) is 0 Å². The second kappa shape index (κ2) is 11.5. The van der Waals surface area contributed by atoms with Gasteiger partial charge in [-0.1, -0.05) is 12.1 Å². The number of carbonyl (C=O) groups excluding carboxylic acids is 3. The summed E-state index contributed by atoms with van der Waals surface area (Å²) in [5, 5.41) is 8.69. The number of imide groups is 1. The Morgan fingerprint density at radius 3 is 2.50 bits per heavy atom. The average molecular weight is 397 g/mol. The van der Waals surface area contributed by atoms with Gasteiger partial charge in [-0.15, -0.1) is 10.2 Å². The second-order valence-corrected chi connectivity index (χ2v) is 6.32. The first-order valence-electron chi connectivity index (χ1n) is 9.29. The van der Waals surface area contributed by atoms with E-state index < -0.39 is 17.8 Å². The molecule has 1 aliphatic rings. The predicted octanol–water partition coefficient (Wildman–Crippen LogP) is -0.240. The number of rotatable bonds is 13. The van der Waals surface area contributed by atoms with Crippen molar-refractivity contribution >= 4 is 17.8 Å². The monoisotopic (exact) mass is 397 g/mol. The van der Waals surface area contributed by atoms with Crippen molar-refractivity contribution in [2.75, 3.05) is 40.0 Å². The summed E-state index contributed by atoms with van der Waals surface area (Å²) in [6, 6.07) is 0. The molecule has 2 rings (SSSR count). The van der Waals surface area contributed by atoms with Crippen LogP contribution in [0.3, 0.4) is 0 Å². The number of amides is 2. The van der Waals surface area contributed by atoms with E-state index in [4.69, 9.17) is 14.3 Å². The van der Waals surface area contributed by atoms with Crippen molar-refractivity contribution in [3.63, 3.8) is 0 Å². The van der Waals surface area contributed by atoms with Crippen molar-refractivity contribution in [2.45, 2.75) is 39.3 Å². The molecule has 0 radical (unpaired) electrons. The summed E-state index contributed by atoms with van der Waals surface area (Å²) < 4.78 is 12.5. The van der Waals surface area contributed by atoms with Crippen molar-refractivity contribution in [3.8, 4) is 0 Å². The lowest BCUT2D eigenvalue weighted by Crippen LogP contribution is -2.32. The molecule has 11 heteroatoms. The van der Waals surface area contributed by atoms with E-state index in [2.05, 4.69) is 22.1 Å². The molecular formula is C17H27N5O6. The van der Waals surface area contributed by atoms with Gasteiger partial charge in [0.05, 0.1) is 45.1 Å². The fourth-order valence-corrected chi connectivity index (χ4v) is 2.35. The molecule has 0 N–H and O–H groups in total. The van der Waals surface area contributed by atoms with Crippen LogP contribution in [-0.2, 0) is 41.8 Å². The smallest absolute Gasteiger partial charge is 0.335 e. The van der Waals surface area contributed by atoms with Crippen molar-refractivity contribution in [2.24, 2.45) is 0 Å². The molecule has 28 heavy (non-hydrogen) atoms. The number of nitrogens with zero attached hydrogens (tertiary/aromatic N) is 5. The Morgan fingerprint density at radius 2 is 1.82 bits per heavy atom. The van der Waals surface area contributed by atoms with Gasteiger partial charge in [0.1, 0.15) is 0 Å². The molecule has 0 atom stereocenters. The van der Waals surface area contributed by atoms with Crippen molar-refractivity contribution < 1.29 is 28.7 Å². The summed E-state index contributed by atoms with van der Waals surface area (Å²) in [4.78, 5) is 41.1. The van der Waals surface area contributed by atoms with Gasteiger partial charge >= 0.3 is 5.97 Å². The second-order valence-electron chi connectivity index (χ2n) is 6.32. The minimum atomic E-state index is -0.680. The predicted molar refractivity (Wildman–Crippen MR) is 95.5 cm³/mol. The van der Waals surface area contributed by atoms with Crippen molar-refractivity contribution in [3.05, 3.63) is 11.9 Å². The summed E-state index contributed by atoms with van der Waals surface area (Å²) in [5.74, 6) is -1.67. The van der Waals surface area contributed by atoms with Crippen LogP contribution in [0.25, 0.3) is 0 Å². The average Bonchev–Trinajstić information content (AvgIpc) is 3.25. The third-order valence-electron chi connectivity index (χ3n) is 4.04. The van der Waals surface area contributed by atoms with Crippen LogP contribution in [0.5, 0.6) is 0 Å². The SMILES string of the molecule is CCN(C)Cc1cn(CCOCCOCCC(=O)ON2C(=O)CCC2=O)nn1. The summed E-state index contributed by atoms with van der Waals surface area (Å²) >= 11 is 0. The third kappa shape index (κ3) is 7.33. The van der Waals surface area contributed by atoms with Crippen LogP contribution in [0, 0.1) is 0 Å². The zero-order valence-electron chi connectivity index (χ0n) is 16.3. The summed E-state index contributed by atoms with van der Waals surface area (Å²) in [7, 11) is 2.02. The van der Waals surface area contributed by atoms with Gasteiger partial charge in [0.25, 0.3) is 11.8 Å². The molecule has 0 unspecified atom stereocenters. The van der Waals surface area contributed by atoms with E-state index in [9.17, 15) is 14.4 Å². The normalized spacial score (nSPS) is 14.3. The van der Waals surface area contributed by atoms with Crippen LogP contribution in [0.1, 0.15) is 31.9 Å². The van der Waals surface area contributed by atoms with E-state index in [0.717, 1.165) is 18.8 Å². The highest BCUT2D eigenvalue weighted by Crippen LogP contribution is 2.12. The molecule has 0 spiro atoms. The fourth-order valence-electron chi connectivity index (χ4n) is 2.35. The van der Waals surface area contributed by atoms with Gasteiger partial charge in [-0.05, 0) is 13.6 Å². The highest BCUT2D eigenvalue weighted by molar-refractivity contribution is 6.01. The number of carbonyl (C=O) groups is 3. The third-order valence-corrected chi connectivity index (χ3v) is 4.04. The molecule has 0 saturated carbocycles. The van der Waals surface area contributed by atoms with Gasteiger partial charge < -0.3 is 19.2 Å². The van der Waals surface area contributed by atoms with E-state index in [1.807, 2.05) is 13.2 Å². The number of hydroxylamine groups is 2. The highest BCUT2D eigenvalue weighted by atomic mass is 16.7. The van der Waals surface area contributed by atoms with E-state index in [1.54, 1.807) is 4.68 Å². The maximum atomic E-state index is 11.6. The number of ether oxygens (including phenoxy) is 2. The zero-order valence-corrected chi connectivity index (χ0v) is 16.3. The first-order valence-corrected chi connectivity index (χ1v) is 9.29. The van der Waals surface area contributed by atoms with Crippen molar-refractivity contribution in [1.29, 1.82) is 0 Å². The topological polar surface area (TPSA) is 116 Å². The summed E-state index contributed by atoms with van der Waals surface area (Å²) in [6.07, 6.45) is 2.00. The Labute approximate surface area is 163 Å². The number of aromatic nitrogens is 3. The van der Waals surface area contributed by atoms with E-state index in [-0.39, 0.29) is 25.9 Å². The molecule has 1 aromatic heterocycles. The van der Waals surface area contributed by atoms with Gasteiger partial charge in [-0.25, -0.2) is 9.48 Å². The minimum absolute atomic E-state index is 0.0506. The maximum Gasteiger partial charge on any atom is 0.335 e. The molecule has 1 aromatic rings. The molecule has 0 aromatic carbocycles. The molecule has 0 aliphatic carbocycles. The van der Waals surface area contributed by atoms with Crippen LogP contribution in [-0.4, -0.2) is 82.8 Å². The van der Waals surface area contributed by atoms with Crippen molar-refractivity contribution in [1.82, 2.24) is 25.0 Å². The first kappa shape index (κ1) is 21.9. The molecule has 2 amide bonds. The molecule has 11 nitrogen and oxygen atoms in total. The minimum Gasteiger partial charge on any atom is -0.378 e. The first-order chi connectivity index (χ1) is 13.5. The van der Waals surface area contributed by atoms with Gasteiger partial charge in [-0.3, -0.25) is 9.59 Å². The molecule has 1 saturated heterocycles. The number of hydrogen-bond donors (Lipinski definition) is 0. The lowest BCUT2D eigenvalue weighted by molar-refractivity contribution is -0.198. The highest BCUT2D eigenvalue weighted by Gasteiger charge is 2.32. The maximum absolute atomic E-state index is 11.6. The molecule has 1 aliphatic heterocycles. The summed E-state index contributed by atoms with van der Waals surface area (Å²) in [6.45, 7) is 5.66. The van der Waals surface area contributed by atoms with Crippen LogP contribution in [0.2, 0.25) is 0 Å². The lowest BCUT2D eigenvalue weighted by atomic mass is 10.4. The fraction of sp³-hybridized carbons (Fsp3) is 0.706. The standard InChI is InChI=1S/C17H27N5O6/c1-3-20(2)12-14-13-21(19-18-14)7-9-27-11-10-26-8-6-17(25)28-22-15(23)4-5-16(22)24/h13H,3-12H2,1-2H3. The van der Waals surface area contributed by atoms with Crippen LogP contribution >= 0.6 is 0 Å². The van der Waals surface area contributed by atoms with E-state index in [0.29, 0.717) is 31.4 Å². The molecule has 2 heterocycles. The van der Waals surface area contributed by atoms with Gasteiger partial charge in [0.15, 0.2) is 0 Å². The molecule has 156 valence electrons. The summed E-state index contributed by atoms with van der Waals surface area (Å²) in [5.41, 5.74) is 0.914. The van der Waals surface area contributed by atoms with E-state index in [1.165, 1.54) is 0 Å². The Kier molecular flexibility index (Phi) is 8.98. The number of hydrogen-bond acceptors (Lipinski definition) is 9. The quantitative estimate of drug-likeness (QED) is 0.328. The van der Waals surface area contributed by atoms with Crippen LogP contribution < -0.4 is 0 Å². The Hall–Kier alpha value is -2.37. The molecule has 0 bridgehead atoms. The van der Waals surface area contributed by atoms with E-state index >= 15 is 0 Å². The van der Waals surface area contributed by atoms with Gasteiger partial charge in [0.2, 0.25) is 0 Å². The molecular weight excluding hydrogens is 370 g/mol. The Bertz CT molecular complexity index is 648. The van der Waals surface area contributed by atoms with Gasteiger partial charge in [-0.2, -0.15) is 0 Å². The Morgan fingerprint density at radius 1 is 1.14 bits per heavy atom. The van der Waals surface area contributed by atoms with Gasteiger partial charge in [0, 0.05) is 25.6 Å². The largest absolute Gasteiger partial charge is 0.378 e.